The fourth-order valence-electron chi connectivity index (χ4n) is 4.84. The summed E-state index contributed by atoms with van der Waals surface area (Å²) in [5.41, 5.74) is 4.36. The SMILES string of the molecule is CC[C@@]12CCCCC1CCc1ccc(OC(=O)/C=C/C=C(C)C)cc12. The van der Waals surface area contributed by atoms with Crippen LogP contribution in [0.5, 0.6) is 5.75 Å². The van der Waals surface area contributed by atoms with E-state index in [9.17, 15) is 4.79 Å². The first-order valence-corrected chi connectivity index (χ1v) is 9.72. The van der Waals surface area contributed by atoms with Crippen LogP contribution in [-0.2, 0) is 16.6 Å². The number of aryl methyl sites for hydroxylation is 1. The molecule has 0 spiro atoms. The van der Waals surface area contributed by atoms with Crippen molar-refractivity contribution in [3.63, 3.8) is 0 Å². The summed E-state index contributed by atoms with van der Waals surface area (Å²) < 4.78 is 5.58. The van der Waals surface area contributed by atoms with E-state index in [4.69, 9.17) is 4.74 Å². The molecule has 1 aromatic carbocycles. The molecule has 0 amide bonds. The second-order valence-corrected chi connectivity index (χ2v) is 7.83. The molecule has 0 aromatic heterocycles. The normalized spacial score (nSPS) is 25.2. The van der Waals surface area contributed by atoms with Gasteiger partial charge in [-0.3, -0.25) is 0 Å². The van der Waals surface area contributed by atoms with Gasteiger partial charge in [-0.15, -0.1) is 0 Å². The third-order valence-electron chi connectivity index (χ3n) is 6.10. The van der Waals surface area contributed by atoms with E-state index in [1.807, 2.05) is 26.0 Å². The molecular weight excluding hydrogens is 308 g/mol. The van der Waals surface area contributed by atoms with Crippen molar-refractivity contribution in [2.24, 2.45) is 5.92 Å². The third kappa shape index (κ3) is 3.73. The summed E-state index contributed by atoms with van der Waals surface area (Å²) >= 11 is 0. The second-order valence-electron chi connectivity index (χ2n) is 7.83. The van der Waals surface area contributed by atoms with Gasteiger partial charge in [0, 0.05) is 6.08 Å². The van der Waals surface area contributed by atoms with Crippen LogP contribution in [0.3, 0.4) is 0 Å². The highest BCUT2D eigenvalue weighted by atomic mass is 16.5. The van der Waals surface area contributed by atoms with E-state index in [1.165, 1.54) is 55.7 Å². The van der Waals surface area contributed by atoms with Gasteiger partial charge >= 0.3 is 5.97 Å². The van der Waals surface area contributed by atoms with Crippen molar-refractivity contribution in [2.75, 3.05) is 0 Å². The molecule has 0 N–H and O–H groups in total. The number of hydrogen-bond acceptors (Lipinski definition) is 2. The fourth-order valence-corrected chi connectivity index (χ4v) is 4.84. The average Bonchev–Trinajstić information content (AvgIpc) is 2.61. The van der Waals surface area contributed by atoms with Gasteiger partial charge in [0.2, 0.25) is 0 Å². The Bertz CT molecular complexity index is 694. The van der Waals surface area contributed by atoms with E-state index < -0.39 is 0 Å². The molecule has 1 unspecified atom stereocenters. The molecular formula is C23H30O2. The largest absolute Gasteiger partial charge is 0.423 e. The fraction of sp³-hybridized carbons (Fsp3) is 0.522. The van der Waals surface area contributed by atoms with E-state index in [2.05, 4.69) is 19.1 Å². The lowest BCUT2D eigenvalue weighted by atomic mass is 9.56. The zero-order valence-corrected chi connectivity index (χ0v) is 15.8. The molecule has 0 saturated heterocycles. The summed E-state index contributed by atoms with van der Waals surface area (Å²) in [4.78, 5) is 12.1. The van der Waals surface area contributed by atoms with Crippen LogP contribution in [0.15, 0.2) is 42.0 Å². The van der Waals surface area contributed by atoms with E-state index in [0.717, 1.165) is 17.9 Å². The van der Waals surface area contributed by atoms with Gasteiger partial charge in [-0.2, -0.15) is 0 Å². The Morgan fingerprint density at radius 3 is 2.88 bits per heavy atom. The minimum Gasteiger partial charge on any atom is -0.423 e. The summed E-state index contributed by atoms with van der Waals surface area (Å²) in [5.74, 6) is 1.17. The molecule has 1 fully saturated rings. The molecule has 2 aliphatic carbocycles. The Kier molecular flexibility index (Phi) is 5.46. The van der Waals surface area contributed by atoms with Crippen molar-refractivity contribution < 1.29 is 9.53 Å². The molecule has 0 bridgehead atoms. The van der Waals surface area contributed by atoms with Crippen LogP contribution in [0.2, 0.25) is 0 Å². The van der Waals surface area contributed by atoms with Crippen LogP contribution in [0.4, 0.5) is 0 Å². The third-order valence-corrected chi connectivity index (χ3v) is 6.10. The summed E-state index contributed by atoms with van der Waals surface area (Å²) in [6.45, 7) is 6.34. The van der Waals surface area contributed by atoms with Crippen molar-refractivity contribution in [1.29, 1.82) is 0 Å². The molecule has 1 aromatic rings. The average molecular weight is 338 g/mol. The highest BCUT2D eigenvalue weighted by molar-refractivity contribution is 5.84. The maximum atomic E-state index is 12.1. The van der Waals surface area contributed by atoms with E-state index >= 15 is 0 Å². The standard InChI is InChI=1S/C23H30O2/c1-4-23-15-6-5-9-19(23)13-11-18-12-14-20(16-21(18)23)25-22(24)10-7-8-17(2)3/h7-8,10,12,14,16,19H,4-6,9,11,13,15H2,1-3H3/b10-7+/t19?,23-/m1/s1. The number of esters is 1. The van der Waals surface area contributed by atoms with Gasteiger partial charge in [-0.25, -0.2) is 4.79 Å². The number of carbonyl (C=O) groups excluding carboxylic acids is 1. The lowest BCUT2D eigenvalue weighted by Crippen LogP contribution is -2.41. The molecule has 25 heavy (non-hydrogen) atoms. The van der Waals surface area contributed by atoms with Crippen molar-refractivity contribution in [3.05, 3.63) is 53.1 Å². The second kappa shape index (κ2) is 7.59. The minimum absolute atomic E-state index is 0.298. The van der Waals surface area contributed by atoms with Gasteiger partial charge in [0.05, 0.1) is 0 Å². The zero-order valence-electron chi connectivity index (χ0n) is 15.8. The number of hydrogen-bond donors (Lipinski definition) is 0. The summed E-state index contributed by atoms with van der Waals surface area (Å²) in [6.07, 6.45) is 14.1. The number of fused-ring (bicyclic) bond motifs is 3. The summed E-state index contributed by atoms with van der Waals surface area (Å²) in [6, 6.07) is 6.29. The maximum absolute atomic E-state index is 12.1. The van der Waals surface area contributed by atoms with Gasteiger partial charge in [0.1, 0.15) is 5.75 Å². The first kappa shape index (κ1) is 18.0. The van der Waals surface area contributed by atoms with Gasteiger partial charge in [-0.1, -0.05) is 43.6 Å². The van der Waals surface area contributed by atoms with Crippen LogP contribution < -0.4 is 4.74 Å². The van der Waals surface area contributed by atoms with Crippen molar-refractivity contribution in [2.45, 2.75) is 71.1 Å². The Morgan fingerprint density at radius 1 is 1.28 bits per heavy atom. The predicted octanol–water partition coefficient (Wildman–Crippen LogP) is 5.90. The Labute approximate surface area is 152 Å². The number of carbonyl (C=O) groups is 1. The molecule has 2 heteroatoms. The summed E-state index contributed by atoms with van der Waals surface area (Å²) in [5, 5.41) is 0. The number of ether oxygens (including phenoxy) is 1. The molecule has 0 aliphatic heterocycles. The molecule has 3 rings (SSSR count). The van der Waals surface area contributed by atoms with Gasteiger partial charge in [-0.05, 0) is 80.5 Å². The molecule has 0 radical (unpaired) electrons. The molecule has 0 heterocycles. The van der Waals surface area contributed by atoms with Crippen LogP contribution in [0.1, 0.15) is 70.4 Å². The van der Waals surface area contributed by atoms with E-state index in [0.29, 0.717) is 11.2 Å². The topological polar surface area (TPSA) is 26.3 Å². The quantitative estimate of drug-likeness (QED) is 0.296. The Hall–Kier alpha value is -1.83. The maximum Gasteiger partial charge on any atom is 0.336 e. The summed E-state index contributed by atoms with van der Waals surface area (Å²) in [7, 11) is 0. The van der Waals surface area contributed by atoms with Crippen LogP contribution in [0, 0.1) is 5.92 Å². The van der Waals surface area contributed by atoms with Crippen molar-refractivity contribution in [1.82, 2.24) is 0 Å². The van der Waals surface area contributed by atoms with E-state index in [-0.39, 0.29) is 5.97 Å². The molecule has 2 nitrogen and oxygen atoms in total. The zero-order chi connectivity index (χ0) is 17.9. The van der Waals surface area contributed by atoms with Gasteiger partial charge in [0.25, 0.3) is 0 Å². The monoisotopic (exact) mass is 338 g/mol. The first-order chi connectivity index (χ1) is 12.0. The number of benzene rings is 1. The first-order valence-electron chi connectivity index (χ1n) is 9.72. The van der Waals surface area contributed by atoms with Crippen LogP contribution in [-0.4, -0.2) is 5.97 Å². The Morgan fingerprint density at radius 2 is 2.12 bits per heavy atom. The smallest absolute Gasteiger partial charge is 0.336 e. The van der Waals surface area contributed by atoms with Crippen LogP contribution in [0.25, 0.3) is 0 Å². The molecule has 2 aliphatic rings. The predicted molar refractivity (Wildman–Crippen MR) is 103 cm³/mol. The minimum atomic E-state index is -0.306. The van der Waals surface area contributed by atoms with Gasteiger partial charge < -0.3 is 4.74 Å². The number of rotatable bonds is 4. The number of allylic oxidation sites excluding steroid dienone is 3. The molecule has 134 valence electrons. The lowest BCUT2D eigenvalue weighted by molar-refractivity contribution is -0.129. The van der Waals surface area contributed by atoms with Gasteiger partial charge in [0.15, 0.2) is 0 Å². The van der Waals surface area contributed by atoms with Crippen molar-refractivity contribution in [3.8, 4) is 5.75 Å². The molecule has 2 atom stereocenters. The van der Waals surface area contributed by atoms with Crippen molar-refractivity contribution >= 4 is 5.97 Å². The highest BCUT2D eigenvalue weighted by Crippen LogP contribution is 2.52. The molecule has 1 saturated carbocycles. The van der Waals surface area contributed by atoms with Crippen LogP contribution >= 0.6 is 0 Å². The highest BCUT2D eigenvalue weighted by Gasteiger charge is 2.44. The Balaban J connectivity index is 1.84. The van der Waals surface area contributed by atoms with E-state index in [1.54, 1.807) is 6.08 Å². The lowest BCUT2D eigenvalue weighted by Gasteiger charge is -2.48.